The number of nitriles is 1. The van der Waals surface area contributed by atoms with Crippen molar-refractivity contribution in [3.63, 3.8) is 0 Å². The maximum atomic E-state index is 8.74. The lowest BCUT2D eigenvalue weighted by Crippen LogP contribution is -2.14. The van der Waals surface area contributed by atoms with Crippen LogP contribution in [-0.4, -0.2) is 10.2 Å². The lowest BCUT2D eigenvalue weighted by Gasteiger charge is -2.06. The summed E-state index contributed by atoms with van der Waals surface area (Å²) in [6.07, 6.45) is 1.64. The topological polar surface area (TPSA) is 61.6 Å². The Hall–Kier alpha value is -1.96. The summed E-state index contributed by atoms with van der Waals surface area (Å²) in [5.41, 5.74) is 2.40. The Morgan fingerprint density at radius 1 is 1.28 bits per heavy atom. The smallest absolute Gasteiger partial charge is 0.0992 e. The monoisotopic (exact) mass is 258 g/mol. The van der Waals surface area contributed by atoms with Crippen molar-refractivity contribution in [1.29, 1.82) is 5.26 Å². The molecule has 0 radical (unpaired) electrons. The third kappa shape index (κ3) is 3.27. The first-order chi connectivity index (χ1) is 8.79. The highest BCUT2D eigenvalue weighted by atomic mass is 35.5. The molecule has 4 nitrogen and oxygen atoms in total. The molecule has 0 atom stereocenters. The summed E-state index contributed by atoms with van der Waals surface area (Å²) in [4.78, 5) is 0. The van der Waals surface area contributed by atoms with Gasteiger partial charge in [0.05, 0.1) is 17.3 Å². The molecule has 0 fully saturated rings. The van der Waals surface area contributed by atoms with Crippen LogP contribution in [0.2, 0.25) is 5.02 Å². The number of benzene rings is 1. The summed E-state index contributed by atoms with van der Waals surface area (Å²) in [5.74, 6) is 0. The third-order valence-electron chi connectivity index (χ3n) is 2.43. The molecule has 0 spiro atoms. The molecule has 0 bridgehead atoms. The minimum atomic E-state index is 0.567. The van der Waals surface area contributed by atoms with E-state index in [1.54, 1.807) is 18.3 Å². The van der Waals surface area contributed by atoms with Crippen LogP contribution in [0.25, 0.3) is 0 Å². The second-order valence-corrected chi connectivity index (χ2v) is 4.14. The molecule has 0 aliphatic rings. The minimum absolute atomic E-state index is 0.567. The fourth-order valence-electron chi connectivity index (χ4n) is 1.51. The van der Waals surface area contributed by atoms with Gasteiger partial charge < -0.3 is 5.32 Å². The Balaban J connectivity index is 1.93. The fourth-order valence-corrected chi connectivity index (χ4v) is 1.76. The number of nitrogens with zero attached hydrogens (tertiary/aromatic N) is 3. The van der Waals surface area contributed by atoms with E-state index in [1.165, 1.54) is 0 Å². The molecule has 0 saturated carbocycles. The van der Waals surface area contributed by atoms with Crippen molar-refractivity contribution in [2.24, 2.45) is 0 Å². The zero-order valence-electron chi connectivity index (χ0n) is 9.60. The highest BCUT2D eigenvalue weighted by molar-refractivity contribution is 6.31. The van der Waals surface area contributed by atoms with E-state index in [4.69, 9.17) is 16.9 Å². The zero-order chi connectivity index (χ0) is 12.8. The van der Waals surface area contributed by atoms with Crippen molar-refractivity contribution < 1.29 is 0 Å². The molecule has 2 aromatic rings. The second-order valence-electron chi connectivity index (χ2n) is 3.74. The van der Waals surface area contributed by atoms with Crippen molar-refractivity contribution >= 4 is 11.6 Å². The molecular formula is C13H11ClN4. The number of aromatic nitrogens is 2. The van der Waals surface area contributed by atoms with Crippen LogP contribution in [0.4, 0.5) is 0 Å². The molecule has 1 N–H and O–H groups in total. The van der Waals surface area contributed by atoms with E-state index in [0.717, 1.165) is 11.3 Å². The summed E-state index contributed by atoms with van der Waals surface area (Å²) in [6, 6.07) is 11.1. The van der Waals surface area contributed by atoms with E-state index in [1.807, 2.05) is 18.2 Å². The Bertz CT molecular complexity index is 563. The molecule has 90 valence electrons. The van der Waals surface area contributed by atoms with Crippen molar-refractivity contribution in [2.75, 3.05) is 0 Å². The van der Waals surface area contributed by atoms with E-state index < -0.39 is 0 Å². The first kappa shape index (κ1) is 12.5. The summed E-state index contributed by atoms with van der Waals surface area (Å²) in [7, 11) is 0. The summed E-state index contributed by atoms with van der Waals surface area (Å²) in [5, 5.41) is 20.3. The van der Waals surface area contributed by atoms with Gasteiger partial charge in [-0.3, -0.25) is 0 Å². The van der Waals surface area contributed by atoms with E-state index in [2.05, 4.69) is 21.6 Å². The molecule has 0 saturated heterocycles. The van der Waals surface area contributed by atoms with Gasteiger partial charge in [0.2, 0.25) is 0 Å². The fraction of sp³-hybridized carbons (Fsp3) is 0.154. The van der Waals surface area contributed by atoms with Gasteiger partial charge in [-0.1, -0.05) is 17.7 Å². The van der Waals surface area contributed by atoms with Gasteiger partial charge in [0.25, 0.3) is 0 Å². The molecule has 0 unspecified atom stereocenters. The number of nitrogens with one attached hydrogen (secondary N) is 1. The molecule has 1 heterocycles. The molecule has 0 amide bonds. The molecular weight excluding hydrogens is 248 g/mol. The second kappa shape index (κ2) is 6.10. The Labute approximate surface area is 110 Å². The summed E-state index contributed by atoms with van der Waals surface area (Å²) >= 11 is 6.07. The molecule has 5 heteroatoms. The quantitative estimate of drug-likeness (QED) is 0.914. The Morgan fingerprint density at radius 3 is 2.83 bits per heavy atom. The predicted molar refractivity (Wildman–Crippen MR) is 68.7 cm³/mol. The van der Waals surface area contributed by atoms with Crippen LogP contribution in [0.3, 0.4) is 0 Å². The van der Waals surface area contributed by atoms with Crippen molar-refractivity contribution in [2.45, 2.75) is 13.1 Å². The predicted octanol–water partition coefficient (Wildman–Crippen LogP) is 2.29. The molecule has 0 aliphatic carbocycles. The minimum Gasteiger partial charge on any atom is -0.307 e. The van der Waals surface area contributed by atoms with Crippen LogP contribution < -0.4 is 5.32 Å². The highest BCUT2D eigenvalue weighted by Crippen LogP contribution is 2.17. The first-order valence-corrected chi connectivity index (χ1v) is 5.83. The third-order valence-corrected chi connectivity index (χ3v) is 2.78. The lowest BCUT2D eigenvalue weighted by atomic mass is 10.1. The average Bonchev–Trinajstić information content (AvgIpc) is 2.42. The van der Waals surface area contributed by atoms with E-state index in [0.29, 0.717) is 23.7 Å². The number of rotatable bonds is 4. The zero-order valence-corrected chi connectivity index (χ0v) is 10.4. The number of halogens is 1. The van der Waals surface area contributed by atoms with Crippen LogP contribution in [-0.2, 0) is 13.1 Å². The maximum absolute atomic E-state index is 8.74. The lowest BCUT2D eigenvalue weighted by molar-refractivity contribution is 0.670. The normalized spacial score (nSPS) is 10.0. The standard InChI is InChI=1S/C13H11ClN4/c14-13-6-10(7-15)3-4-11(13)8-16-9-12-2-1-5-17-18-12/h1-6,16H,8-9H2. The van der Waals surface area contributed by atoms with Crippen molar-refractivity contribution in [3.8, 4) is 6.07 Å². The van der Waals surface area contributed by atoms with Gasteiger partial charge in [0.1, 0.15) is 0 Å². The van der Waals surface area contributed by atoms with Crippen LogP contribution in [0.15, 0.2) is 36.5 Å². The van der Waals surface area contributed by atoms with Crippen LogP contribution >= 0.6 is 11.6 Å². The first-order valence-electron chi connectivity index (χ1n) is 5.45. The maximum Gasteiger partial charge on any atom is 0.0992 e. The Morgan fingerprint density at radius 2 is 2.17 bits per heavy atom. The average molecular weight is 259 g/mol. The molecule has 0 aliphatic heterocycles. The van der Waals surface area contributed by atoms with Gasteiger partial charge in [-0.2, -0.15) is 15.5 Å². The van der Waals surface area contributed by atoms with Crippen LogP contribution in [0, 0.1) is 11.3 Å². The molecule has 18 heavy (non-hydrogen) atoms. The van der Waals surface area contributed by atoms with E-state index in [9.17, 15) is 0 Å². The SMILES string of the molecule is N#Cc1ccc(CNCc2cccnn2)c(Cl)c1. The van der Waals surface area contributed by atoms with Gasteiger partial charge in [-0.25, -0.2) is 0 Å². The van der Waals surface area contributed by atoms with Gasteiger partial charge in [-0.05, 0) is 29.8 Å². The van der Waals surface area contributed by atoms with E-state index >= 15 is 0 Å². The van der Waals surface area contributed by atoms with Crippen LogP contribution in [0.5, 0.6) is 0 Å². The molecule has 1 aromatic carbocycles. The van der Waals surface area contributed by atoms with Gasteiger partial charge in [-0.15, -0.1) is 0 Å². The summed E-state index contributed by atoms with van der Waals surface area (Å²) < 4.78 is 0. The number of hydrogen-bond donors (Lipinski definition) is 1. The van der Waals surface area contributed by atoms with Crippen molar-refractivity contribution in [3.05, 3.63) is 58.4 Å². The van der Waals surface area contributed by atoms with Gasteiger partial charge >= 0.3 is 0 Å². The van der Waals surface area contributed by atoms with Gasteiger partial charge in [0.15, 0.2) is 0 Å². The van der Waals surface area contributed by atoms with Crippen LogP contribution in [0.1, 0.15) is 16.8 Å². The van der Waals surface area contributed by atoms with Crippen molar-refractivity contribution in [1.82, 2.24) is 15.5 Å². The Kier molecular flexibility index (Phi) is 4.24. The van der Waals surface area contributed by atoms with E-state index in [-0.39, 0.29) is 0 Å². The van der Waals surface area contributed by atoms with Gasteiger partial charge in [0, 0.05) is 24.3 Å². The number of hydrogen-bond acceptors (Lipinski definition) is 4. The molecule has 2 rings (SSSR count). The molecule has 1 aromatic heterocycles. The largest absolute Gasteiger partial charge is 0.307 e. The highest BCUT2D eigenvalue weighted by Gasteiger charge is 2.02. The summed E-state index contributed by atoms with van der Waals surface area (Å²) in [6.45, 7) is 1.26.